The summed E-state index contributed by atoms with van der Waals surface area (Å²) in [5, 5.41) is 0.183. The lowest BCUT2D eigenvalue weighted by Crippen LogP contribution is -2.28. The molecule has 1 atom stereocenters. The van der Waals surface area contributed by atoms with Gasteiger partial charge in [-0.05, 0) is 24.1 Å². The number of pyridine rings is 1. The summed E-state index contributed by atoms with van der Waals surface area (Å²) in [5.74, 6) is 0. The van der Waals surface area contributed by atoms with Gasteiger partial charge in [0.1, 0.15) is 11.2 Å². The Kier molecular flexibility index (Phi) is 3.01. The molecule has 14 heavy (non-hydrogen) atoms. The minimum Gasteiger partial charge on any atom is -0.316 e. The normalized spacial score (nSPS) is 14.1. The van der Waals surface area contributed by atoms with Gasteiger partial charge in [0, 0.05) is 6.20 Å². The molecule has 0 spiro atoms. The third kappa shape index (κ3) is 2.36. The van der Waals surface area contributed by atoms with E-state index in [0.717, 1.165) is 6.20 Å². The van der Waals surface area contributed by atoms with E-state index in [4.69, 9.17) is 17.3 Å². The predicted molar refractivity (Wildman–Crippen MR) is 47.0 cm³/mol. The number of nitrogens with zero attached hydrogens (tertiary/aromatic N) is 1. The lowest BCUT2D eigenvalue weighted by Gasteiger charge is -2.15. The zero-order valence-electron chi connectivity index (χ0n) is 7.27. The minimum absolute atomic E-state index is 0.0839. The molecule has 0 aromatic carbocycles. The molecule has 0 radical (unpaired) electrons. The van der Waals surface area contributed by atoms with Crippen molar-refractivity contribution in [3.8, 4) is 0 Å². The van der Waals surface area contributed by atoms with Crippen LogP contribution in [-0.4, -0.2) is 11.2 Å². The Balaban J connectivity index is 3.03. The maximum Gasteiger partial charge on any atom is 0.407 e. The van der Waals surface area contributed by atoms with Gasteiger partial charge >= 0.3 is 6.18 Å². The molecule has 0 aliphatic heterocycles. The van der Waals surface area contributed by atoms with E-state index in [0.29, 0.717) is 5.56 Å². The molecule has 0 fully saturated rings. The number of alkyl halides is 3. The highest BCUT2D eigenvalue weighted by atomic mass is 35.5. The molecule has 1 aromatic heterocycles. The Morgan fingerprint density at radius 1 is 1.50 bits per heavy atom. The van der Waals surface area contributed by atoms with E-state index in [9.17, 15) is 13.2 Å². The van der Waals surface area contributed by atoms with E-state index in [1.807, 2.05) is 0 Å². The van der Waals surface area contributed by atoms with Crippen molar-refractivity contribution in [2.24, 2.45) is 5.73 Å². The first-order valence-corrected chi connectivity index (χ1v) is 4.14. The number of aryl methyl sites for hydroxylation is 1. The monoisotopic (exact) mass is 224 g/mol. The van der Waals surface area contributed by atoms with Gasteiger partial charge in [-0.1, -0.05) is 11.6 Å². The van der Waals surface area contributed by atoms with Crippen LogP contribution < -0.4 is 5.73 Å². The van der Waals surface area contributed by atoms with Crippen LogP contribution in [0.3, 0.4) is 0 Å². The highest BCUT2D eigenvalue weighted by Crippen LogP contribution is 2.30. The second kappa shape index (κ2) is 3.74. The van der Waals surface area contributed by atoms with Gasteiger partial charge in [0.15, 0.2) is 0 Å². The molecule has 1 heterocycles. The summed E-state index contributed by atoms with van der Waals surface area (Å²) in [6.45, 7) is 1.57. The Morgan fingerprint density at radius 2 is 2.07 bits per heavy atom. The number of hydrogen-bond acceptors (Lipinski definition) is 2. The van der Waals surface area contributed by atoms with Gasteiger partial charge in [0.25, 0.3) is 0 Å². The molecule has 0 aliphatic carbocycles. The molecule has 2 nitrogen and oxygen atoms in total. The SMILES string of the molecule is Cc1cc([C@H](N)C(F)(F)F)cnc1Cl. The Hall–Kier alpha value is -0.810. The zero-order valence-corrected chi connectivity index (χ0v) is 8.02. The van der Waals surface area contributed by atoms with Crippen LogP contribution in [0.25, 0.3) is 0 Å². The number of aromatic nitrogens is 1. The van der Waals surface area contributed by atoms with E-state index < -0.39 is 12.2 Å². The molecule has 0 saturated carbocycles. The zero-order chi connectivity index (χ0) is 10.9. The standard InChI is InChI=1S/C8H8ClF3N2/c1-4-2-5(3-14-7(4)9)6(13)8(10,11)12/h2-3,6H,13H2,1H3/t6-/m0/s1. The van der Waals surface area contributed by atoms with Crippen LogP contribution in [0, 0.1) is 6.92 Å². The molecule has 0 amide bonds. The number of hydrogen-bond donors (Lipinski definition) is 1. The van der Waals surface area contributed by atoms with Gasteiger partial charge in [-0.3, -0.25) is 0 Å². The second-order valence-corrected chi connectivity index (χ2v) is 3.25. The van der Waals surface area contributed by atoms with E-state index in [2.05, 4.69) is 4.98 Å². The maximum atomic E-state index is 12.2. The summed E-state index contributed by atoms with van der Waals surface area (Å²) < 4.78 is 36.5. The fraction of sp³-hybridized carbons (Fsp3) is 0.375. The molecule has 0 aliphatic rings. The van der Waals surface area contributed by atoms with Gasteiger partial charge < -0.3 is 5.73 Å². The summed E-state index contributed by atoms with van der Waals surface area (Å²) >= 11 is 5.57. The molecular formula is C8H8ClF3N2. The first-order valence-electron chi connectivity index (χ1n) is 3.76. The largest absolute Gasteiger partial charge is 0.407 e. The fourth-order valence-corrected chi connectivity index (χ4v) is 1.04. The Bertz CT molecular complexity index is 338. The predicted octanol–water partition coefficient (Wildman–Crippen LogP) is 2.61. The summed E-state index contributed by atoms with van der Waals surface area (Å²) in [6, 6.07) is -0.723. The van der Waals surface area contributed by atoms with Crippen molar-refractivity contribution in [1.82, 2.24) is 4.98 Å². The lowest BCUT2D eigenvalue weighted by molar-refractivity contribution is -0.149. The minimum atomic E-state index is -4.46. The maximum absolute atomic E-state index is 12.2. The summed E-state index contributed by atoms with van der Waals surface area (Å²) in [7, 11) is 0. The highest BCUT2D eigenvalue weighted by molar-refractivity contribution is 6.30. The van der Waals surface area contributed by atoms with Crippen molar-refractivity contribution < 1.29 is 13.2 Å². The van der Waals surface area contributed by atoms with Gasteiger partial charge in [0.05, 0.1) is 0 Å². The molecule has 0 unspecified atom stereocenters. The summed E-state index contributed by atoms with van der Waals surface area (Å²) in [4.78, 5) is 3.60. The van der Waals surface area contributed by atoms with Gasteiger partial charge in [-0.15, -0.1) is 0 Å². The second-order valence-electron chi connectivity index (χ2n) is 2.90. The smallest absolute Gasteiger partial charge is 0.316 e. The average molecular weight is 225 g/mol. The molecule has 6 heteroatoms. The molecule has 0 saturated heterocycles. The van der Waals surface area contributed by atoms with Crippen LogP contribution in [0.5, 0.6) is 0 Å². The van der Waals surface area contributed by atoms with E-state index >= 15 is 0 Å². The van der Waals surface area contributed by atoms with E-state index in [1.54, 1.807) is 6.92 Å². The van der Waals surface area contributed by atoms with Gasteiger partial charge in [-0.25, -0.2) is 4.98 Å². The average Bonchev–Trinajstić information content (AvgIpc) is 2.07. The van der Waals surface area contributed by atoms with Crippen LogP contribution >= 0.6 is 11.6 Å². The lowest BCUT2D eigenvalue weighted by atomic mass is 10.1. The van der Waals surface area contributed by atoms with Gasteiger partial charge in [0.2, 0.25) is 0 Å². The Morgan fingerprint density at radius 3 is 2.50 bits per heavy atom. The molecule has 78 valence electrons. The van der Waals surface area contributed by atoms with E-state index in [-0.39, 0.29) is 10.7 Å². The van der Waals surface area contributed by atoms with Crippen molar-refractivity contribution in [1.29, 1.82) is 0 Å². The third-order valence-corrected chi connectivity index (χ3v) is 2.14. The first kappa shape index (κ1) is 11.3. The number of nitrogens with two attached hydrogens (primary N) is 1. The van der Waals surface area contributed by atoms with Crippen LogP contribution in [0.4, 0.5) is 13.2 Å². The molecule has 1 aromatic rings. The van der Waals surface area contributed by atoms with Crippen LogP contribution in [0.2, 0.25) is 5.15 Å². The van der Waals surface area contributed by atoms with Crippen LogP contribution in [-0.2, 0) is 0 Å². The molecule has 0 bridgehead atoms. The van der Waals surface area contributed by atoms with Crippen molar-refractivity contribution >= 4 is 11.6 Å². The van der Waals surface area contributed by atoms with Crippen LogP contribution in [0.1, 0.15) is 17.2 Å². The Labute approximate surface area is 83.9 Å². The van der Waals surface area contributed by atoms with Crippen molar-refractivity contribution in [2.75, 3.05) is 0 Å². The van der Waals surface area contributed by atoms with Crippen molar-refractivity contribution in [3.05, 3.63) is 28.5 Å². The van der Waals surface area contributed by atoms with Crippen LogP contribution in [0.15, 0.2) is 12.3 Å². The number of rotatable bonds is 1. The first-order chi connectivity index (χ1) is 6.32. The molecule has 2 N–H and O–H groups in total. The highest BCUT2D eigenvalue weighted by Gasteiger charge is 2.38. The number of halogens is 4. The van der Waals surface area contributed by atoms with Crippen molar-refractivity contribution in [2.45, 2.75) is 19.1 Å². The fourth-order valence-electron chi connectivity index (χ4n) is 0.939. The van der Waals surface area contributed by atoms with Crippen molar-refractivity contribution in [3.63, 3.8) is 0 Å². The molecule has 1 rings (SSSR count). The van der Waals surface area contributed by atoms with E-state index in [1.165, 1.54) is 6.07 Å². The quantitative estimate of drug-likeness (QED) is 0.745. The summed E-state index contributed by atoms with van der Waals surface area (Å²) in [5.41, 5.74) is 5.37. The molecular weight excluding hydrogens is 217 g/mol. The topological polar surface area (TPSA) is 38.9 Å². The summed E-state index contributed by atoms with van der Waals surface area (Å²) in [6.07, 6.45) is -3.42. The third-order valence-electron chi connectivity index (χ3n) is 1.75. The van der Waals surface area contributed by atoms with Gasteiger partial charge in [-0.2, -0.15) is 13.2 Å².